The molecule has 2 fully saturated rings. The molecule has 0 radical (unpaired) electrons. The lowest BCUT2D eigenvalue weighted by Crippen LogP contribution is -2.52. The fourth-order valence-electron chi connectivity index (χ4n) is 7.33. The smallest absolute Gasteiger partial charge is 0.324 e. The largest absolute Gasteiger partial charge is 0.497 e. The van der Waals surface area contributed by atoms with Gasteiger partial charge in [-0.1, -0.05) is 74.5 Å². The summed E-state index contributed by atoms with van der Waals surface area (Å²) >= 11 is 0. The molecule has 15 heteroatoms. The summed E-state index contributed by atoms with van der Waals surface area (Å²) in [7, 11) is 3.22. The highest BCUT2D eigenvalue weighted by Crippen LogP contribution is 2.26. The summed E-state index contributed by atoms with van der Waals surface area (Å²) in [6, 6.07) is 29.3. The van der Waals surface area contributed by atoms with Crippen LogP contribution in [0.1, 0.15) is 52.6 Å². The van der Waals surface area contributed by atoms with E-state index in [0.717, 1.165) is 61.8 Å². The zero-order valence-electron chi connectivity index (χ0n) is 37.3. The number of anilines is 2. The Hall–Kier alpha value is -6.29. The van der Waals surface area contributed by atoms with E-state index in [2.05, 4.69) is 29.0 Å². The number of methoxy groups -OCH3 is 2. The number of nitrogens with two attached hydrogens (primary N) is 1. The maximum Gasteiger partial charge on any atom is 0.324 e. The number of ketones is 2. The van der Waals surface area contributed by atoms with E-state index < -0.39 is 0 Å². The number of likely N-dealkylation sites (N-methyl/N-ethyl adjacent to an activating group) is 2. The summed E-state index contributed by atoms with van der Waals surface area (Å²) in [4.78, 5) is 74.0. The standard InChI is InChI=1S/C25H32N4O4.C23H30N4O3/c1-4-27-12-14-28(15-13-27)25(32)29(22-6-5-7-23(16-22)33-3)18-20-8-10-21(11-9-20)24(31)17-26-19(2)30;1-3-25-11-13-26(14-12-25)23(29)27(20-5-4-6-21(15-20)30-2)17-18-7-9-19(10-8-18)22(28)16-24/h5-11,16H,4,12-15,17-18H2,1-3H3,(H,26,30);4-10,15H,3,11-14,16-17,24H2,1-2H3. The molecule has 5 amide bonds. The Morgan fingerprint density at radius 1 is 0.587 bits per heavy atom. The molecule has 0 aliphatic carbocycles. The minimum absolute atomic E-state index is 0.0164. The maximum atomic E-state index is 13.5. The molecular weight excluding hydrogens is 801 g/mol. The number of hydrogen-bond donors (Lipinski definition) is 2. The highest BCUT2D eigenvalue weighted by Gasteiger charge is 2.28. The van der Waals surface area contributed by atoms with Crippen molar-refractivity contribution in [2.75, 3.05) is 103 Å². The van der Waals surface area contributed by atoms with Crippen molar-refractivity contribution in [1.82, 2.24) is 24.9 Å². The lowest BCUT2D eigenvalue weighted by atomic mass is 10.1. The summed E-state index contributed by atoms with van der Waals surface area (Å²) in [5, 5.41) is 2.52. The minimum atomic E-state index is -0.243. The van der Waals surface area contributed by atoms with Crippen LogP contribution in [0.4, 0.5) is 21.0 Å². The fourth-order valence-corrected chi connectivity index (χ4v) is 7.33. The second kappa shape index (κ2) is 23.8. The van der Waals surface area contributed by atoms with Crippen molar-refractivity contribution in [3.63, 3.8) is 0 Å². The molecule has 0 spiro atoms. The molecule has 2 aliphatic heterocycles. The van der Waals surface area contributed by atoms with Crippen LogP contribution in [-0.2, 0) is 17.9 Å². The first-order valence-electron chi connectivity index (χ1n) is 21.5. The van der Waals surface area contributed by atoms with Gasteiger partial charge in [0.1, 0.15) is 11.5 Å². The first-order valence-corrected chi connectivity index (χ1v) is 21.5. The van der Waals surface area contributed by atoms with Gasteiger partial charge < -0.3 is 40.1 Å². The van der Waals surface area contributed by atoms with E-state index in [1.54, 1.807) is 48.3 Å². The lowest BCUT2D eigenvalue weighted by Gasteiger charge is -2.37. The molecule has 0 bridgehead atoms. The summed E-state index contributed by atoms with van der Waals surface area (Å²) < 4.78 is 10.7. The monoisotopic (exact) mass is 862 g/mol. The van der Waals surface area contributed by atoms with Crippen LogP contribution in [0, 0.1) is 0 Å². The summed E-state index contributed by atoms with van der Waals surface area (Å²) in [5.41, 5.74) is 9.91. The SMILES string of the molecule is CCN1CCN(C(=O)N(Cc2ccc(C(=O)CN)cc2)c2cccc(OC)c2)CC1.CCN1CCN(C(=O)N(Cc2ccc(C(=O)CNC(C)=O)cc2)c2cccc(OC)c2)CC1. The van der Waals surface area contributed by atoms with Crippen LogP contribution in [0.2, 0.25) is 0 Å². The number of Topliss-reactive ketones (excluding diaryl/α,β-unsaturated/α-hetero) is 2. The third-order valence-electron chi connectivity index (χ3n) is 11.3. The number of rotatable bonds is 15. The molecule has 4 aromatic rings. The van der Waals surface area contributed by atoms with Crippen molar-refractivity contribution in [3.8, 4) is 11.5 Å². The van der Waals surface area contributed by atoms with Gasteiger partial charge in [-0.05, 0) is 48.5 Å². The second-order valence-electron chi connectivity index (χ2n) is 15.3. The molecule has 3 N–H and O–H groups in total. The predicted molar refractivity (Wildman–Crippen MR) is 246 cm³/mol. The number of nitrogens with one attached hydrogen (secondary N) is 1. The van der Waals surface area contributed by atoms with Gasteiger partial charge in [-0.15, -0.1) is 0 Å². The highest BCUT2D eigenvalue weighted by atomic mass is 16.5. The highest BCUT2D eigenvalue weighted by molar-refractivity contribution is 5.99. The number of piperazine rings is 2. The van der Waals surface area contributed by atoms with Crippen molar-refractivity contribution < 1.29 is 33.4 Å². The van der Waals surface area contributed by atoms with Crippen molar-refractivity contribution in [2.45, 2.75) is 33.9 Å². The molecule has 2 aliphatic rings. The van der Waals surface area contributed by atoms with Crippen LogP contribution in [0.3, 0.4) is 0 Å². The molecule has 0 atom stereocenters. The first kappa shape index (κ1) is 47.8. The normalized spacial score (nSPS) is 14.2. The zero-order chi connectivity index (χ0) is 45.3. The van der Waals surface area contributed by atoms with Gasteiger partial charge in [-0.2, -0.15) is 0 Å². The Bertz CT molecular complexity index is 2130. The van der Waals surface area contributed by atoms with Crippen molar-refractivity contribution in [2.24, 2.45) is 5.73 Å². The zero-order valence-corrected chi connectivity index (χ0v) is 37.3. The second-order valence-corrected chi connectivity index (χ2v) is 15.3. The molecular formula is C48H62N8O7. The topological polar surface area (TPSA) is 161 Å². The number of carbonyl (C=O) groups is 5. The van der Waals surface area contributed by atoms with Crippen LogP contribution >= 0.6 is 0 Å². The lowest BCUT2D eigenvalue weighted by molar-refractivity contribution is -0.118. The molecule has 15 nitrogen and oxygen atoms in total. The van der Waals surface area contributed by atoms with Gasteiger partial charge in [-0.25, -0.2) is 9.59 Å². The van der Waals surface area contributed by atoms with E-state index in [9.17, 15) is 24.0 Å². The Kier molecular flexibility index (Phi) is 18.0. The summed E-state index contributed by atoms with van der Waals surface area (Å²) in [5.74, 6) is 0.875. The maximum absolute atomic E-state index is 13.5. The fraction of sp³-hybridized carbons (Fsp3) is 0.396. The number of amides is 5. The van der Waals surface area contributed by atoms with E-state index in [0.29, 0.717) is 61.9 Å². The van der Waals surface area contributed by atoms with Crippen LogP contribution in [-0.4, -0.2) is 142 Å². The van der Waals surface area contributed by atoms with Crippen LogP contribution in [0.5, 0.6) is 11.5 Å². The average molecular weight is 863 g/mol. The van der Waals surface area contributed by atoms with Gasteiger partial charge in [0.2, 0.25) is 5.91 Å². The third-order valence-corrected chi connectivity index (χ3v) is 11.3. The molecule has 0 unspecified atom stereocenters. The van der Waals surface area contributed by atoms with Gasteiger partial charge >= 0.3 is 12.1 Å². The third kappa shape index (κ3) is 13.6. The van der Waals surface area contributed by atoms with Gasteiger partial charge in [0.15, 0.2) is 11.6 Å². The Balaban J connectivity index is 0.000000239. The van der Waals surface area contributed by atoms with Gasteiger partial charge in [0, 0.05) is 93.9 Å². The molecule has 0 aromatic heterocycles. The molecule has 6 rings (SSSR count). The van der Waals surface area contributed by atoms with Crippen LogP contribution < -0.4 is 30.3 Å². The van der Waals surface area contributed by atoms with Crippen molar-refractivity contribution in [3.05, 3.63) is 119 Å². The number of ether oxygens (including phenoxy) is 2. The Morgan fingerprint density at radius 3 is 1.33 bits per heavy atom. The molecule has 0 saturated carbocycles. The quantitative estimate of drug-likeness (QED) is 0.149. The van der Waals surface area contributed by atoms with Crippen molar-refractivity contribution >= 4 is 40.9 Å². The van der Waals surface area contributed by atoms with E-state index >= 15 is 0 Å². The molecule has 4 aromatic carbocycles. The summed E-state index contributed by atoms with van der Waals surface area (Å²) in [6.07, 6.45) is 0. The minimum Gasteiger partial charge on any atom is -0.497 e. The number of nitrogens with zero attached hydrogens (tertiary/aromatic N) is 6. The van der Waals surface area contributed by atoms with E-state index in [1.165, 1.54) is 6.92 Å². The van der Waals surface area contributed by atoms with E-state index in [4.69, 9.17) is 15.2 Å². The molecule has 2 saturated heterocycles. The predicted octanol–water partition coefficient (Wildman–Crippen LogP) is 5.38. The molecule has 336 valence electrons. The average Bonchev–Trinajstić information content (AvgIpc) is 3.34. The molecule has 63 heavy (non-hydrogen) atoms. The number of hydrogen-bond acceptors (Lipinski definition) is 10. The summed E-state index contributed by atoms with van der Waals surface area (Å²) in [6.45, 7) is 14.6. The van der Waals surface area contributed by atoms with Gasteiger partial charge in [-0.3, -0.25) is 24.2 Å². The molecule has 2 heterocycles. The van der Waals surface area contributed by atoms with Crippen LogP contribution in [0.25, 0.3) is 0 Å². The van der Waals surface area contributed by atoms with Gasteiger partial charge in [0.05, 0.1) is 40.4 Å². The van der Waals surface area contributed by atoms with Gasteiger partial charge in [0.25, 0.3) is 0 Å². The van der Waals surface area contributed by atoms with Crippen LogP contribution in [0.15, 0.2) is 97.1 Å². The first-order chi connectivity index (χ1) is 30.5. The van der Waals surface area contributed by atoms with Crippen molar-refractivity contribution in [1.29, 1.82) is 0 Å². The van der Waals surface area contributed by atoms with E-state index in [1.807, 2.05) is 82.6 Å². The number of urea groups is 2. The Labute approximate surface area is 371 Å². The Morgan fingerprint density at radius 2 is 0.984 bits per heavy atom. The number of carbonyl (C=O) groups excluding carboxylic acids is 5. The number of benzene rings is 4. The van der Waals surface area contributed by atoms with E-state index in [-0.39, 0.29) is 42.6 Å².